The van der Waals surface area contributed by atoms with Gasteiger partial charge in [0, 0.05) is 25.0 Å². The van der Waals surface area contributed by atoms with Gasteiger partial charge in [-0.15, -0.1) is 0 Å². The van der Waals surface area contributed by atoms with E-state index in [1.54, 1.807) is 19.1 Å². The lowest BCUT2D eigenvalue weighted by atomic mass is 9.97. The number of hydrogen-bond acceptors (Lipinski definition) is 5. The maximum absolute atomic E-state index is 13.3. The molecular weight excluding hydrogens is 402 g/mol. The number of nitrogens with one attached hydrogen (secondary N) is 1. The molecule has 8 heteroatoms. The molecule has 0 spiro atoms. The minimum absolute atomic E-state index is 0.00933. The zero-order chi connectivity index (χ0) is 21.9. The molecule has 2 aromatic rings. The Bertz CT molecular complexity index is 1020. The first-order valence-corrected chi connectivity index (χ1v) is 11.6. The number of amides is 1. The van der Waals surface area contributed by atoms with E-state index in [9.17, 15) is 13.2 Å². The van der Waals surface area contributed by atoms with E-state index in [1.165, 1.54) is 4.31 Å². The first-order valence-electron chi connectivity index (χ1n) is 10.2. The fourth-order valence-corrected chi connectivity index (χ4v) is 5.26. The van der Waals surface area contributed by atoms with Gasteiger partial charge in [-0.25, -0.2) is 8.42 Å². The van der Waals surface area contributed by atoms with E-state index in [0.717, 1.165) is 11.1 Å². The van der Waals surface area contributed by atoms with Gasteiger partial charge in [0.25, 0.3) is 0 Å². The van der Waals surface area contributed by atoms with Crippen molar-refractivity contribution < 1.29 is 17.7 Å². The van der Waals surface area contributed by atoms with Crippen LogP contribution < -0.4 is 5.32 Å². The molecule has 1 amide bonds. The third-order valence-corrected chi connectivity index (χ3v) is 7.25. The van der Waals surface area contributed by atoms with Gasteiger partial charge < -0.3 is 9.84 Å². The number of nitrogens with zero attached hydrogens (tertiary/aromatic N) is 2. The molecule has 1 saturated heterocycles. The van der Waals surface area contributed by atoms with Crippen LogP contribution in [0.15, 0.2) is 33.7 Å². The quantitative estimate of drug-likeness (QED) is 0.757. The van der Waals surface area contributed by atoms with Gasteiger partial charge in [0.1, 0.15) is 5.69 Å². The van der Waals surface area contributed by atoms with E-state index in [-0.39, 0.29) is 28.5 Å². The van der Waals surface area contributed by atoms with Crippen molar-refractivity contribution in [2.75, 3.05) is 13.1 Å². The number of benzene rings is 1. The average molecular weight is 432 g/mol. The summed E-state index contributed by atoms with van der Waals surface area (Å²) in [4.78, 5) is 12.3. The normalized spacial score (nSPS) is 16.4. The van der Waals surface area contributed by atoms with Gasteiger partial charge in [-0.3, -0.25) is 4.79 Å². The summed E-state index contributed by atoms with van der Waals surface area (Å²) in [5.41, 5.74) is 2.42. The van der Waals surface area contributed by atoms with E-state index >= 15 is 0 Å². The van der Waals surface area contributed by atoms with Crippen molar-refractivity contribution in [3.8, 4) is 0 Å². The van der Waals surface area contributed by atoms with Crippen LogP contribution in [-0.2, 0) is 14.8 Å². The van der Waals surface area contributed by atoms with Crippen molar-refractivity contribution in [3.05, 3.63) is 46.8 Å². The second-order valence-corrected chi connectivity index (χ2v) is 9.92. The summed E-state index contributed by atoms with van der Waals surface area (Å²) in [5, 5.41) is 6.79. The molecule has 0 bridgehead atoms. The molecule has 7 nitrogen and oxygen atoms in total. The van der Waals surface area contributed by atoms with Crippen LogP contribution in [-0.4, -0.2) is 42.9 Å². The fourth-order valence-electron chi connectivity index (χ4n) is 3.54. The van der Waals surface area contributed by atoms with E-state index in [1.807, 2.05) is 45.0 Å². The molecule has 0 aliphatic carbocycles. The van der Waals surface area contributed by atoms with Gasteiger partial charge in [-0.2, -0.15) is 4.31 Å². The highest BCUT2D eigenvalue weighted by Gasteiger charge is 2.35. The molecule has 0 unspecified atom stereocenters. The number of hydrogen-bond donors (Lipinski definition) is 1. The van der Waals surface area contributed by atoms with Crippen LogP contribution in [0.2, 0.25) is 0 Å². The fraction of sp³-hybridized carbons (Fsp3) is 0.455. The van der Waals surface area contributed by atoms with Crippen molar-refractivity contribution in [1.29, 1.82) is 0 Å². The van der Waals surface area contributed by atoms with Crippen LogP contribution in [0, 0.1) is 19.8 Å². The number of carbonyl (C=O) groups excluding carboxylic acids is 1. The minimum Gasteiger partial charge on any atom is -0.355 e. The summed E-state index contributed by atoms with van der Waals surface area (Å²) in [7, 11) is -3.77. The van der Waals surface area contributed by atoms with Crippen LogP contribution in [0.3, 0.4) is 0 Å². The standard InChI is InChI=1S/C22H29N3O4S/c1-15(2)23-22(26)19-11-13-25(14-12-19)30(27,28)21-17(4)24-29-20(21)10-9-18-7-5-16(3)6-8-18/h5-10,15,19H,11-14H2,1-4H3,(H,23,26)/b10-9+. The van der Waals surface area contributed by atoms with Gasteiger partial charge in [0.05, 0.1) is 0 Å². The molecule has 1 aromatic carbocycles. The zero-order valence-corrected chi connectivity index (χ0v) is 18.7. The van der Waals surface area contributed by atoms with Crippen LogP contribution in [0.1, 0.15) is 49.3 Å². The molecule has 30 heavy (non-hydrogen) atoms. The second kappa shape index (κ2) is 9.14. The summed E-state index contributed by atoms with van der Waals surface area (Å²) in [5.74, 6) is 0.0426. The molecule has 3 rings (SSSR count). The Balaban J connectivity index is 1.76. The average Bonchev–Trinajstić information content (AvgIpc) is 3.08. The lowest BCUT2D eigenvalue weighted by molar-refractivity contribution is -0.126. The highest BCUT2D eigenvalue weighted by Crippen LogP contribution is 2.29. The molecule has 1 N–H and O–H groups in total. The van der Waals surface area contributed by atoms with Crippen molar-refractivity contribution in [2.45, 2.75) is 51.5 Å². The topological polar surface area (TPSA) is 92.5 Å². The van der Waals surface area contributed by atoms with Crippen LogP contribution in [0.25, 0.3) is 12.2 Å². The molecule has 162 valence electrons. The number of aryl methyl sites for hydroxylation is 2. The van der Waals surface area contributed by atoms with E-state index in [2.05, 4.69) is 10.5 Å². The Labute approximate surface area is 178 Å². The van der Waals surface area contributed by atoms with Crippen molar-refractivity contribution in [2.24, 2.45) is 5.92 Å². The molecule has 0 atom stereocenters. The molecule has 0 radical (unpaired) electrons. The second-order valence-electron chi connectivity index (χ2n) is 8.05. The van der Waals surface area contributed by atoms with Gasteiger partial charge in [-0.1, -0.05) is 41.1 Å². The minimum atomic E-state index is -3.77. The van der Waals surface area contributed by atoms with Crippen molar-refractivity contribution in [3.63, 3.8) is 0 Å². The summed E-state index contributed by atoms with van der Waals surface area (Å²) >= 11 is 0. The molecule has 1 aliphatic heterocycles. The number of sulfonamides is 1. The smallest absolute Gasteiger partial charge is 0.248 e. The number of rotatable bonds is 6. The van der Waals surface area contributed by atoms with Crippen molar-refractivity contribution >= 4 is 28.1 Å². The van der Waals surface area contributed by atoms with E-state index < -0.39 is 10.0 Å². The van der Waals surface area contributed by atoms with Crippen molar-refractivity contribution in [1.82, 2.24) is 14.8 Å². The van der Waals surface area contributed by atoms with E-state index in [4.69, 9.17) is 4.52 Å². The Morgan fingerprint density at radius 3 is 2.40 bits per heavy atom. The number of carbonyl (C=O) groups is 1. The third-order valence-electron chi connectivity index (χ3n) is 5.19. The Kier molecular flexibility index (Phi) is 6.77. The van der Waals surface area contributed by atoms with E-state index in [0.29, 0.717) is 31.6 Å². The molecule has 1 aromatic heterocycles. The SMILES string of the molecule is Cc1ccc(/C=C/c2onc(C)c2S(=O)(=O)N2CCC(C(=O)NC(C)C)CC2)cc1. The Morgan fingerprint density at radius 1 is 1.17 bits per heavy atom. The van der Waals surface area contributed by atoms with Crippen LogP contribution in [0.4, 0.5) is 0 Å². The van der Waals surface area contributed by atoms with Crippen LogP contribution >= 0.6 is 0 Å². The Hall–Kier alpha value is -2.45. The zero-order valence-electron chi connectivity index (χ0n) is 17.9. The molecular formula is C22H29N3O4S. The maximum Gasteiger partial charge on any atom is 0.248 e. The third kappa shape index (κ3) is 4.99. The van der Waals surface area contributed by atoms with Gasteiger partial charge in [0.2, 0.25) is 15.9 Å². The van der Waals surface area contributed by atoms with Crippen LogP contribution in [0.5, 0.6) is 0 Å². The monoisotopic (exact) mass is 431 g/mol. The number of aromatic nitrogens is 1. The number of piperidine rings is 1. The molecule has 1 fully saturated rings. The lowest BCUT2D eigenvalue weighted by Gasteiger charge is -2.30. The van der Waals surface area contributed by atoms with Gasteiger partial charge in [0.15, 0.2) is 10.7 Å². The van der Waals surface area contributed by atoms with Gasteiger partial charge in [-0.05, 0) is 52.2 Å². The molecule has 0 saturated carbocycles. The maximum atomic E-state index is 13.3. The summed E-state index contributed by atoms with van der Waals surface area (Å²) in [6.07, 6.45) is 4.44. The Morgan fingerprint density at radius 2 is 1.80 bits per heavy atom. The predicted octanol–water partition coefficient (Wildman–Crippen LogP) is 3.39. The molecule has 1 aliphatic rings. The summed E-state index contributed by atoms with van der Waals surface area (Å²) < 4.78 is 33.3. The summed E-state index contributed by atoms with van der Waals surface area (Å²) in [6, 6.07) is 7.96. The highest BCUT2D eigenvalue weighted by atomic mass is 32.2. The lowest BCUT2D eigenvalue weighted by Crippen LogP contribution is -2.44. The first-order chi connectivity index (χ1) is 14.2. The van der Waals surface area contributed by atoms with Gasteiger partial charge >= 0.3 is 0 Å². The largest absolute Gasteiger partial charge is 0.355 e. The molecule has 2 heterocycles. The predicted molar refractivity (Wildman–Crippen MR) is 116 cm³/mol. The summed E-state index contributed by atoms with van der Waals surface area (Å²) in [6.45, 7) is 8.06. The highest BCUT2D eigenvalue weighted by molar-refractivity contribution is 7.89. The first kappa shape index (κ1) is 22.2.